The highest BCUT2D eigenvalue weighted by Gasteiger charge is 2.63. The van der Waals surface area contributed by atoms with E-state index >= 15 is 0 Å². The normalized spacial score (nSPS) is 27.4. The quantitative estimate of drug-likeness (QED) is 0.805. The molecule has 0 radical (unpaired) electrons. The number of aryl methyl sites for hydroxylation is 1. The van der Waals surface area contributed by atoms with Gasteiger partial charge >= 0.3 is 5.97 Å². The minimum Gasteiger partial charge on any atom is -0.481 e. The summed E-state index contributed by atoms with van der Waals surface area (Å²) in [6.45, 7) is 5.94. The topological polar surface area (TPSA) is 50.2 Å². The SMILES string of the molecule is Cc1ccc([C@H]2[C@H](C(=O)O)C2(C)C)nc1. The largest absolute Gasteiger partial charge is 0.481 e. The lowest BCUT2D eigenvalue weighted by atomic mass is 10.1. The van der Waals surface area contributed by atoms with Gasteiger partial charge < -0.3 is 5.11 Å². The van der Waals surface area contributed by atoms with Crippen molar-refractivity contribution in [3.05, 3.63) is 29.6 Å². The van der Waals surface area contributed by atoms with Gasteiger partial charge in [-0.1, -0.05) is 19.9 Å². The lowest BCUT2D eigenvalue weighted by Crippen LogP contribution is -2.03. The second-order valence-corrected chi connectivity index (χ2v) is 4.88. The monoisotopic (exact) mass is 205 g/mol. The summed E-state index contributed by atoms with van der Waals surface area (Å²) in [5, 5.41) is 9.05. The molecule has 0 aliphatic heterocycles. The Labute approximate surface area is 89.2 Å². The van der Waals surface area contributed by atoms with Gasteiger partial charge in [-0.15, -0.1) is 0 Å². The van der Waals surface area contributed by atoms with Crippen LogP contribution >= 0.6 is 0 Å². The number of hydrogen-bond donors (Lipinski definition) is 1. The number of carbonyl (C=O) groups is 1. The second kappa shape index (κ2) is 3.05. The molecule has 80 valence electrons. The third-order valence-electron chi connectivity index (χ3n) is 3.35. The average molecular weight is 205 g/mol. The Bertz CT molecular complexity index is 395. The Balaban J connectivity index is 2.27. The highest BCUT2D eigenvalue weighted by molar-refractivity contribution is 5.77. The summed E-state index contributed by atoms with van der Waals surface area (Å²) in [4.78, 5) is 15.3. The number of rotatable bonds is 2. The minimum atomic E-state index is -0.715. The second-order valence-electron chi connectivity index (χ2n) is 4.88. The standard InChI is InChI=1S/C12H15NO2/c1-7-4-5-8(13-6-7)9-10(11(14)15)12(9,2)3/h4-6,9-10H,1-3H3,(H,14,15)/t9-,10+/m0/s1. The van der Waals surface area contributed by atoms with Crippen LogP contribution in [0, 0.1) is 18.3 Å². The predicted octanol–water partition coefficient (Wildman–Crippen LogP) is 2.21. The van der Waals surface area contributed by atoms with Gasteiger partial charge in [0.1, 0.15) is 0 Å². The summed E-state index contributed by atoms with van der Waals surface area (Å²) in [7, 11) is 0. The number of carboxylic acids is 1. The number of carboxylic acid groups (broad SMARTS) is 1. The predicted molar refractivity (Wildman–Crippen MR) is 56.6 cm³/mol. The molecule has 2 atom stereocenters. The Morgan fingerprint density at radius 3 is 2.53 bits per heavy atom. The number of hydrogen-bond acceptors (Lipinski definition) is 2. The summed E-state index contributed by atoms with van der Waals surface area (Å²) < 4.78 is 0. The van der Waals surface area contributed by atoms with Gasteiger partial charge in [0.2, 0.25) is 0 Å². The lowest BCUT2D eigenvalue weighted by molar-refractivity contribution is -0.139. The average Bonchev–Trinajstić information content (AvgIpc) is 2.70. The molecule has 0 aromatic carbocycles. The van der Waals surface area contributed by atoms with Crippen LogP contribution in [-0.4, -0.2) is 16.1 Å². The molecule has 3 heteroatoms. The summed E-state index contributed by atoms with van der Waals surface area (Å²) >= 11 is 0. The van der Waals surface area contributed by atoms with Crippen LogP contribution in [0.1, 0.15) is 31.0 Å². The summed E-state index contributed by atoms with van der Waals surface area (Å²) in [6, 6.07) is 3.92. The highest BCUT2D eigenvalue weighted by Crippen LogP contribution is 2.63. The van der Waals surface area contributed by atoms with E-state index < -0.39 is 5.97 Å². The zero-order chi connectivity index (χ0) is 11.2. The molecule has 1 aromatic heterocycles. The molecule has 0 spiro atoms. The van der Waals surface area contributed by atoms with Crippen LogP contribution in [0.5, 0.6) is 0 Å². The molecule has 1 aliphatic rings. The molecule has 0 saturated heterocycles. The van der Waals surface area contributed by atoms with E-state index in [2.05, 4.69) is 4.98 Å². The number of nitrogens with zero attached hydrogens (tertiary/aromatic N) is 1. The molecule has 2 rings (SSSR count). The molecular weight excluding hydrogens is 190 g/mol. The van der Waals surface area contributed by atoms with Gasteiger partial charge in [-0.3, -0.25) is 9.78 Å². The van der Waals surface area contributed by atoms with Crippen LogP contribution in [0.4, 0.5) is 0 Å². The Hall–Kier alpha value is -1.38. The smallest absolute Gasteiger partial charge is 0.307 e. The summed E-state index contributed by atoms with van der Waals surface area (Å²) in [6.07, 6.45) is 1.79. The molecule has 0 bridgehead atoms. The van der Waals surface area contributed by atoms with Crippen LogP contribution in [0.15, 0.2) is 18.3 Å². The first-order valence-corrected chi connectivity index (χ1v) is 5.10. The van der Waals surface area contributed by atoms with Crippen molar-refractivity contribution in [1.82, 2.24) is 4.98 Å². The number of aromatic nitrogens is 1. The molecule has 15 heavy (non-hydrogen) atoms. The van der Waals surface area contributed by atoms with E-state index in [1.165, 1.54) is 0 Å². The van der Waals surface area contributed by atoms with Crippen LogP contribution in [0.3, 0.4) is 0 Å². The zero-order valence-electron chi connectivity index (χ0n) is 9.19. The van der Waals surface area contributed by atoms with Crippen molar-refractivity contribution in [2.24, 2.45) is 11.3 Å². The molecular formula is C12H15NO2. The molecule has 0 unspecified atom stereocenters. The van der Waals surface area contributed by atoms with E-state index in [9.17, 15) is 4.79 Å². The van der Waals surface area contributed by atoms with Crippen LogP contribution in [0.2, 0.25) is 0 Å². The first-order chi connectivity index (χ1) is 6.94. The fourth-order valence-corrected chi connectivity index (χ4v) is 2.31. The van der Waals surface area contributed by atoms with Gasteiger partial charge in [0.25, 0.3) is 0 Å². The number of aliphatic carboxylic acids is 1. The third-order valence-corrected chi connectivity index (χ3v) is 3.35. The van der Waals surface area contributed by atoms with Crippen LogP contribution < -0.4 is 0 Å². The molecule has 1 heterocycles. The van der Waals surface area contributed by atoms with E-state index in [-0.39, 0.29) is 17.3 Å². The third kappa shape index (κ3) is 1.52. The first kappa shape index (κ1) is 10.1. The van der Waals surface area contributed by atoms with Crippen molar-refractivity contribution < 1.29 is 9.90 Å². The van der Waals surface area contributed by atoms with Crippen LogP contribution in [0.25, 0.3) is 0 Å². The van der Waals surface area contributed by atoms with Gasteiger partial charge in [-0.2, -0.15) is 0 Å². The minimum absolute atomic E-state index is 0.0654. The van der Waals surface area contributed by atoms with E-state index in [1.54, 1.807) is 6.20 Å². The molecule has 1 N–H and O–H groups in total. The maximum absolute atomic E-state index is 11.0. The first-order valence-electron chi connectivity index (χ1n) is 5.10. The lowest BCUT2D eigenvalue weighted by Gasteiger charge is -2.01. The van der Waals surface area contributed by atoms with Gasteiger partial charge in [0, 0.05) is 17.8 Å². The zero-order valence-corrected chi connectivity index (χ0v) is 9.19. The maximum Gasteiger partial charge on any atom is 0.307 e. The Morgan fingerprint density at radius 1 is 1.47 bits per heavy atom. The van der Waals surface area contributed by atoms with Crippen molar-refractivity contribution in [3.8, 4) is 0 Å². The van der Waals surface area contributed by atoms with E-state index in [4.69, 9.17) is 5.11 Å². The van der Waals surface area contributed by atoms with Crippen molar-refractivity contribution in [3.63, 3.8) is 0 Å². The molecule has 1 aromatic rings. The molecule has 3 nitrogen and oxygen atoms in total. The van der Waals surface area contributed by atoms with Gasteiger partial charge in [-0.25, -0.2) is 0 Å². The van der Waals surface area contributed by atoms with E-state index in [1.807, 2.05) is 32.9 Å². The van der Waals surface area contributed by atoms with Gasteiger partial charge in [0.05, 0.1) is 5.92 Å². The molecule has 0 amide bonds. The highest BCUT2D eigenvalue weighted by atomic mass is 16.4. The molecule has 1 fully saturated rings. The van der Waals surface area contributed by atoms with Gasteiger partial charge in [-0.05, 0) is 24.0 Å². The van der Waals surface area contributed by atoms with Crippen molar-refractivity contribution >= 4 is 5.97 Å². The summed E-state index contributed by atoms with van der Waals surface area (Å²) in [5.74, 6) is -0.935. The number of pyridine rings is 1. The van der Waals surface area contributed by atoms with Crippen molar-refractivity contribution in [1.29, 1.82) is 0 Å². The van der Waals surface area contributed by atoms with Crippen LogP contribution in [-0.2, 0) is 4.79 Å². The van der Waals surface area contributed by atoms with Gasteiger partial charge in [0.15, 0.2) is 0 Å². The Morgan fingerprint density at radius 2 is 2.13 bits per heavy atom. The maximum atomic E-state index is 11.0. The molecule has 1 aliphatic carbocycles. The van der Waals surface area contributed by atoms with E-state index in [0.29, 0.717) is 0 Å². The fourth-order valence-electron chi connectivity index (χ4n) is 2.31. The summed E-state index contributed by atoms with van der Waals surface area (Å²) in [5.41, 5.74) is 1.84. The van der Waals surface area contributed by atoms with Crippen molar-refractivity contribution in [2.45, 2.75) is 26.7 Å². The van der Waals surface area contributed by atoms with E-state index in [0.717, 1.165) is 11.3 Å². The van der Waals surface area contributed by atoms with Crippen molar-refractivity contribution in [2.75, 3.05) is 0 Å². The Kier molecular flexibility index (Phi) is 2.07. The molecule has 1 saturated carbocycles. The fraction of sp³-hybridized carbons (Fsp3) is 0.500.